The first-order chi connectivity index (χ1) is 8.34. The normalized spacial score (nSPS) is 17.5. The lowest BCUT2D eigenvalue weighted by Gasteiger charge is -2.33. The number of fused-ring (bicyclic) bond motifs is 1. The van der Waals surface area contributed by atoms with Crippen LogP contribution in [0.25, 0.3) is 0 Å². The van der Waals surface area contributed by atoms with E-state index < -0.39 is 9.84 Å². The van der Waals surface area contributed by atoms with Crippen LogP contribution in [-0.4, -0.2) is 32.9 Å². The average Bonchev–Trinajstić information content (AvgIpc) is 2.27. The van der Waals surface area contributed by atoms with Gasteiger partial charge in [0.05, 0.1) is 22.9 Å². The van der Waals surface area contributed by atoms with Crippen molar-refractivity contribution in [3.05, 3.63) is 18.2 Å². The number of hydrogen-bond acceptors (Lipinski definition) is 5. The van der Waals surface area contributed by atoms with Gasteiger partial charge in [0.2, 0.25) is 0 Å². The Morgan fingerprint density at radius 3 is 2.83 bits per heavy atom. The van der Waals surface area contributed by atoms with Crippen LogP contribution in [0.1, 0.15) is 13.8 Å². The van der Waals surface area contributed by atoms with Gasteiger partial charge in [-0.15, -0.1) is 0 Å². The third-order valence-electron chi connectivity index (χ3n) is 2.79. The van der Waals surface area contributed by atoms with Crippen LogP contribution in [0.15, 0.2) is 23.1 Å². The Hall–Kier alpha value is -1.27. The maximum atomic E-state index is 11.9. The van der Waals surface area contributed by atoms with Gasteiger partial charge in [-0.1, -0.05) is 0 Å². The molecule has 0 aliphatic carbocycles. The Bertz CT molecular complexity index is 552. The third-order valence-corrected chi connectivity index (χ3v) is 4.53. The molecule has 2 rings (SSSR count). The number of anilines is 1. The summed E-state index contributed by atoms with van der Waals surface area (Å²) >= 11 is 0. The van der Waals surface area contributed by atoms with Crippen molar-refractivity contribution in [1.29, 1.82) is 0 Å². The summed E-state index contributed by atoms with van der Waals surface area (Å²) in [6.07, 6.45) is 0. The van der Waals surface area contributed by atoms with Crippen molar-refractivity contribution in [2.45, 2.75) is 24.3 Å². The van der Waals surface area contributed by atoms with E-state index in [1.807, 2.05) is 13.8 Å². The molecule has 1 aliphatic rings. The van der Waals surface area contributed by atoms with Crippen LogP contribution in [0.5, 0.6) is 5.75 Å². The van der Waals surface area contributed by atoms with Crippen LogP contribution < -0.4 is 15.8 Å². The van der Waals surface area contributed by atoms with E-state index in [0.29, 0.717) is 18.0 Å². The second-order valence-corrected chi connectivity index (χ2v) is 7.09. The van der Waals surface area contributed by atoms with Gasteiger partial charge in [0.15, 0.2) is 9.84 Å². The van der Waals surface area contributed by atoms with Gasteiger partial charge in [-0.25, -0.2) is 8.42 Å². The van der Waals surface area contributed by atoms with E-state index in [9.17, 15) is 8.42 Å². The van der Waals surface area contributed by atoms with Gasteiger partial charge in [0, 0.05) is 6.54 Å². The lowest BCUT2D eigenvalue weighted by Crippen LogP contribution is -2.40. The zero-order valence-electron chi connectivity index (χ0n) is 10.6. The minimum Gasteiger partial charge on any atom is -0.484 e. The van der Waals surface area contributed by atoms with Crippen LogP contribution in [0.4, 0.5) is 5.69 Å². The summed E-state index contributed by atoms with van der Waals surface area (Å²) in [6.45, 7) is 4.71. The van der Waals surface area contributed by atoms with Crippen molar-refractivity contribution in [3.63, 3.8) is 0 Å². The minimum atomic E-state index is -3.29. The van der Waals surface area contributed by atoms with Gasteiger partial charge in [-0.3, -0.25) is 0 Å². The maximum Gasteiger partial charge on any atom is 0.179 e. The number of nitrogens with one attached hydrogen (secondary N) is 1. The molecule has 1 aliphatic heterocycles. The zero-order chi connectivity index (χ0) is 13.4. The van der Waals surface area contributed by atoms with Crippen LogP contribution in [0, 0.1) is 0 Å². The summed E-state index contributed by atoms with van der Waals surface area (Å²) in [5.74, 6) is 0.635. The van der Waals surface area contributed by atoms with Crippen molar-refractivity contribution in [2.24, 2.45) is 5.73 Å². The minimum absolute atomic E-state index is 0.0435. The largest absolute Gasteiger partial charge is 0.484 e. The van der Waals surface area contributed by atoms with Gasteiger partial charge >= 0.3 is 0 Å². The van der Waals surface area contributed by atoms with Crippen molar-refractivity contribution in [1.82, 2.24) is 0 Å². The van der Waals surface area contributed by atoms with E-state index in [0.717, 1.165) is 0 Å². The Morgan fingerprint density at radius 1 is 1.44 bits per heavy atom. The molecule has 1 heterocycles. The molecular weight excluding hydrogens is 252 g/mol. The summed E-state index contributed by atoms with van der Waals surface area (Å²) in [5.41, 5.74) is 5.73. The molecule has 0 bridgehead atoms. The Balaban J connectivity index is 2.35. The topological polar surface area (TPSA) is 81.4 Å². The highest BCUT2D eigenvalue weighted by Crippen LogP contribution is 2.34. The lowest BCUT2D eigenvalue weighted by atomic mass is 10.1. The monoisotopic (exact) mass is 270 g/mol. The molecule has 0 saturated carbocycles. The first kappa shape index (κ1) is 13.2. The molecule has 100 valence electrons. The maximum absolute atomic E-state index is 11.9. The third kappa shape index (κ3) is 2.59. The fraction of sp³-hybridized carbons (Fsp3) is 0.500. The van der Waals surface area contributed by atoms with Crippen molar-refractivity contribution in [2.75, 3.05) is 24.2 Å². The molecule has 5 nitrogen and oxygen atoms in total. The van der Waals surface area contributed by atoms with Crippen molar-refractivity contribution < 1.29 is 13.2 Å². The summed E-state index contributed by atoms with van der Waals surface area (Å²) in [7, 11) is -3.29. The van der Waals surface area contributed by atoms with Gasteiger partial charge in [0.1, 0.15) is 11.4 Å². The van der Waals surface area contributed by atoms with E-state index in [4.69, 9.17) is 10.5 Å². The first-order valence-corrected chi connectivity index (χ1v) is 7.49. The van der Waals surface area contributed by atoms with E-state index in [2.05, 4.69) is 5.32 Å². The number of sulfone groups is 1. The standard InChI is InChI=1S/C12H18N2O3S/c1-12(2)8-14-10-7-9(3-4-11(10)17-12)18(15,16)6-5-13/h3-4,7,14H,5-6,8,13H2,1-2H3. The second kappa shape index (κ2) is 4.44. The lowest BCUT2D eigenvalue weighted by molar-refractivity contribution is 0.116. The van der Waals surface area contributed by atoms with E-state index in [-0.39, 0.29) is 22.8 Å². The fourth-order valence-electron chi connectivity index (χ4n) is 1.84. The highest BCUT2D eigenvalue weighted by Gasteiger charge is 2.27. The molecule has 0 saturated heterocycles. The summed E-state index contributed by atoms with van der Waals surface area (Å²) in [6, 6.07) is 4.86. The predicted molar refractivity (Wildman–Crippen MR) is 70.7 cm³/mol. The molecule has 0 atom stereocenters. The quantitative estimate of drug-likeness (QED) is 0.856. The number of rotatable bonds is 3. The first-order valence-electron chi connectivity index (χ1n) is 5.84. The van der Waals surface area contributed by atoms with Crippen LogP contribution in [-0.2, 0) is 9.84 Å². The molecule has 1 aromatic carbocycles. The van der Waals surface area contributed by atoms with E-state index in [1.54, 1.807) is 18.2 Å². The summed E-state index contributed by atoms with van der Waals surface area (Å²) < 4.78 is 29.6. The highest BCUT2D eigenvalue weighted by molar-refractivity contribution is 7.91. The van der Waals surface area contributed by atoms with Crippen molar-refractivity contribution >= 4 is 15.5 Å². The van der Waals surface area contributed by atoms with Crippen LogP contribution in [0.3, 0.4) is 0 Å². The molecule has 0 amide bonds. The molecule has 0 spiro atoms. The number of hydrogen-bond donors (Lipinski definition) is 2. The number of nitrogens with two attached hydrogens (primary N) is 1. The van der Waals surface area contributed by atoms with E-state index >= 15 is 0 Å². The summed E-state index contributed by atoms with van der Waals surface area (Å²) in [5, 5.41) is 3.19. The molecule has 0 radical (unpaired) electrons. The predicted octanol–water partition coefficient (Wildman–Crippen LogP) is 1.00. The SMILES string of the molecule is CC1(C)CNc2cc(S(=O)(=O)CCN)ccc2O1. The number of ether oxygens (including phenoxy) is 1. The fourth-order valence-corrected chi connectivity index (χ4v) is 2.96. The van der Waals surface area contributed by atoms with E-state index in [1.165, 1.54) is 0 Å². The summed E-state index contributed by atoms with van der Waals surface area (Å²) in [4.78, 5) is 0.280. The van der Waals surface area contributed by atoms with Crippen LogP contribution >= 0.6 is 0 Å². The Morgan fingerprint density at radius 2 is 2.17 bits per heavy atom. The van der Waals surface area contributed by atoms with Gasteiger partial charge in [0.25, 0.3) is 0 Å². The second-order valence-electron chi connectivity index (χ2n) is 4.98. The Labute approximate surface area is 107 Å². The molecule has 0 aromatic heterocycles. The molecule has 1 aromatic rings. The van der Waals surface area contributed by atoms with Gasteiger partial charge < -0.3 is 15.8 Å². The molecule has 3 N–H and O–H groups in total. The Kier molecular flexibility index (Phi) is 3.25. The molecule has 0 unspecified atom stereocenters. The average molecular weight is 270 g/mol. The zero-order valence-corrected chi connectivity index (χ0v) is 11.4. The molecule has 0 fully saturated rings. The number of benzene rings is 1. The van der Waals surface area contributed by atoms with Crippen LogP contribution in [0.2, 0.25) is 0 Å². The molecular formula is C12H18N2O3S. The molecule has 18 heavy (non-hydrogen) atoms. The molecule has 6 heteroatoms. The van der Waals surface area contributed by atoms with Gasteiger partial charge in [-0.2, -0.15) is 0 Å². The highest BCUT2D eigenvalue weighted by atomic mass is 32.2. The van der Waals surface area contributed by atoms with Gasteiger partial charge in [-0.05, 0) is 32.0 Å². The van der Waals surface area contributed by atoms with Crippen molar-refractivity contribution in [3.8, 4) is 5.75 Å². The smallest absolute Gasteiger partial charge is 0.179 e.